The summed E-state index contributed by atoms with van der Waals surface area (Å²) in [5.41, 5.74) is -0.0191. The number of hydrogen-bond acceptors (Lipinski definition) is 4. The Kier molecular flexibility index (Phi) is 3.95. The molecule has 1 aliphatic carbocycles. The van der Waals surface area contributed by atoms with Crippen LogP contribution in [0.3, 0.4) is 0 Å². The van der Waals surface area contributed by atoms with Crippen LogP contribution in [0.2, 0.25) is 0 Å². The third-order valence-electron chi connectivity index (χ3n) is 3.72. The van der Waals surface area contributed by atoms with E-state index in [0.717, 1.165) is 19.3 Å². The molecule has 1 aromatic rings. The Bertz CT molecular complexity index is 463. The number of methoxy groups -OCH3 is 2. The molecule has 5 nitrogen and oxygen atoms in total. The highest BCUT2D eigenvalue weighted by atomic mass is 16.5. The van der Waals surface area contributed by atoms with Crippen molar-refractivity contribution in [2.75, 3.05) is 20.8 Å². The maximum absolute atomic E-state index is 12.1. The molecule has 5 heteroatoms. The summed E-state index contributed by atoms with van der Waals surface area (Å²) in [6.07, 6.45) is 3.02. The second kappa shape index (κ2) is 5.48. The average molecular weight is 265 g/mol. The minimum atomic E-state index is -0.320. The second-order valence-corrected chi connectivity index (χ2v) is 4.81. The predicted molar refractivity (Wildman–Crippen MR) is 70.6 cm³/mol. The molecule has 1 aliphatic rings. The Morgan fingerprint density at radius 1 is 1.42 bits per heavy atom. The van der Waals surface area contributed by atoms with Crippen LogP contribution in [0.5, 0.6) is 11.5 Å². The minimum absolute atomic E-state index is 0.0571. The molecular weight excluding hydrogens is 246 g/mol. The first kappa shape index (κ1) is 13.7. The Morgan fingerprint density at radius 3 is 2.68 bits per heavy atom. The fourth-order valence-corrected chi connectivity index (χ4v) is 2.18. The summed E-state index contributed by atoms with van der Waals surface area (Å²) in [7, 11) is 3.18. The van der Waals surface area contributed by atoms with Crippen molar-refractivity contribution in [3.63, 3.8) is 0 Å². The van der Waals surface area contributed by atoms with E-state index in [1.165, 1.54) is 19.2 Å². The summed E-state index contributed by atoms with van der Waals surface area (Å²) in [4.78, 5) is 12.1. The Balaban J connectivity index is 2.03. The maximum Gasteiger partial charge on any atom is 0.255 e. The molecule has 0 atom stereocenters. The molecule has 0 aliphatic heterocycles. The van der Waals surface area contributed by atoms with Gasteiger partial charge in [0.1, 0.15) is 11.5 Å². The lowest BCUT2D eigenvalue weighted by Gasteiger charge is -2.40. The molecule has 1 aromatic carbocycles. The lowest BCUT2D eigenvalue weighted by atomic mass is 9.80. The molecule has 0 radical (unpaired) electrons. The van der Waals surface area contributed by atoms with Crippen molar-refractivity contribution in [3.05, 3.63) is 23.8 Å². The molecule has 2 N–H and O–H groups in total. The highest BCUT2D eigenvalue weighted by Gasteiger charge is 2.37. The fourth-order valence-electron chi connectivity index (χ4n) is 2.18. The average Bonchev–Trinajstić information content (AvgIpc) is 2.38. The van der Waals surface area contributed by atoms with Crippen molar-refractivity contribution < 1.29 is 19.4 Å². The number of carbonyl (C=O) groups is 1. The minimum Gasteiger partial charge on any atom is -0.507 e. The van der Waals surface area contributed by atoms with Gasteiger partial charge in [-0.3, -0.25) is 4.79 Å². The quantitative estimate of drug-likeness (QED) is 0.850. The number of phenols is 1. The number of phenolic OH excluding ortho intramolecular Hbond substituents is 1. The number of rotatable bonds is 5. The van der Waals surface area contributed by atoms with Crippen LogP contribution >= 0.6 is 0 Å². The molecular formula is C14H19NO4. The highest BCUT2D eigenvalue weighted by molar-refractivity contribution is 5.97. The van der Waals surface area contributed by atoms with E-state index in [0.29, 0.717) is 12.3 Å². The van der Waals surface area contributed by atoms with Crippen LogP contribution in [-0.2, 0) is 4.74 Å². The fraction of sp³-hybridized carbons (Fsp3) is 0.500. The maximum atomic E-state index is 12.1. The topological polar surface area (TPSA) is 67.8 Å². The number of carbonyl (C=O) groups excluding carboxylic acids is 1. The number of benzene rings is 1. The van der Waals surface area contributed by atoms with E-state index in [2.05, 4.69) is 5.32 Å². The van der Waals surface area contributed by atoms with Crippen molar-refractivity contribution in [3.8, 4) is 11.5 Å². The van der Waals surface area contributed by atoms with Gasteiger partial charge in [0, 0.05) is 13.7 Å². The van der Waals surface area contributed by atoms with Gasteiger partial charge in [0.15, 0.2) is 0 Å². The molecule has 104 valence electrons. The summed E-state index contributed by atoms with van der Waals surface area (Å²) in [5, 5.41) is 12.5. The lowest BCUT2D eigenvalue weighted by molar-refractivity contribution is -0.0679. The summed E-state index contributed by atoms with van der Waals surface area (Å²) in [5.74, 6) is 0.158. The molecule has 0 saturated heterocycles. The first-order valence-electron chi connectivity index (χ1n) is 6.30. The first-order valence-corrected chi connectivity index (χ1v) is 6.30. The van der Waals surface area contributed by atoms with Crippen LogP contribution in [-0.4, -0.2) is 37.4 Å². The van der Waals surface area contributed by atoms with Gasteiger partial charge in [-0.2, -0.15) is 0 Å². The van der Waals surface area contributed by atoms with E-state index in [4.69, 9.17) is 9.47 Å². The van der Waals surface area contributed by atoms with Gasteiger partial charge in [-0.05, 0) is 37.5 Å². The smallest absolute Gasteiger partial charge is 0.255 e. The van der Waals surface area contributed by atoms with Crippen LogP contribution < -0.4 is 10.1 Å². The third-order valence-corrected chi connectivity index (χ3v) is 3.72. The van der Waals surface area contributed by atoms with Crippen molar-refractivity contribution in [1.29, 1.82) is 0 Å². The summed E-state index contributed by atoms with van der Waals surface area (Å²) in [6.45, 7) is 0.457. The molecule has 1 fully saturated rings. The molecule has 1 amide bonds. The second-order valence-electron chi connectivity index (χ2n) is 4.81. The van der Waals surface area contributed by atoms with Crippen molar-refractivity contribution >= 4 is 5.91 Å². The zero-order valence-corrected chi connectivity index (χ0v) is 11.2. The molecule has 0 spiro atoms. The Morgan fingerprint density at radius 2 is 2.16 bits per heavy atom. The van der Waals surface area contributed by atoms with Gasteiger partial charge in [0.25, 0.3) is 5.91 Å². The standard InChI is InChI=1S/C14H19NO4/c1-18-10-4-5-12(16)11(8-10)13(17)15-9-14(19-2)6-3-7-14/h4-5,8,16H,3,6-7,9H2,1-2H3,(H,15,17). The van der Waals surface area contributed by atoms with E-state index in [-0.39, 0.29) is 22.8 Å². The van der Waals surface area contributed by atoms with E-state index in [1.54, 1.807) is 13.2 Å². The van der Waals surface area contributed by atoms with Gasteiger partial charge < -0.3 is 19.9 Å². The van der Waals surface area contributed by atoms with Gasteiger partial charge >= 0.3 is 0 Å². The number of ether oxygens (including phenoxy) is 2. The van der Waals surface area contributed by atoms with E-state index in [1.807, 2.05) is 0 Å². The van der Waals surface area contributed by atoms with Crippen molar-refractivity contribution in [2.24, 2.45) is 0 Å². The molecule has 0 heterocycles. The Hall–Kier alpha value is -1.75. The predicted octanol–water partition coefficient (Wildman–Crippen LogP) is 1.70. The lowest BCUT2D eigenvalue weighted by Crippen LogP contribution is -2.49. The van der Waals surface area contributed by atoms with Crippen LogP contribution in [0.1, 0.15) is 29.6 Å². The summed E-state index contributed by atoms with van der Waals surface area (Å²) >= 11 is 0. The highest BCUT2D eigenvalue weighted by Crippen LogP contribution is 2.34. The van der Waals surface area contributed by atoms with Crippen LogP contribution in [0.4, 0.5) is 0 Å². The molecule has 1 saturated carbocycles. The number of hydrogen-bond donors (Lipinski definition) is 2. The third kappa shape index (κ3) is 2.81. The zero-order valence-electron chi connectivity index (χ0n) is 11.2. The molecule has 2 rings (SSSR count). The van der Waals surface area contributed by atoms with Gasteiger partial charge in [0.05, 0.1) is 18.3 Å². The van der Waals surface area contributed by atoms with Gasteiger partial charge in [-0.1, -0.05) is 0 Å². The zero-order chi connectivity index (χ0) is 13.9. The van der Waals surface area contributed by atoms with Crippen molar-refractivity contribution in [2.45, 2.75) is 24.9 Å². The van der Waals surface area contributed by atoms with Gasteiger partial charge in [-0.15, -0.1) is 0 Å². The van der Waals surface area contributed by atoms with E-state index in [9.17, 15) is 9.90 Å². The van der Waals surface area contributed by atoms with Gasteiger partial charge in [0.2, 0.25) is 0 Å². The Labute approximate surface area is 112 Å². The number of nitrogens with one attached hydrogen (secondary N) is 1. The normalized spacial score (nSPS) is 16.5. The SMILES string of the molecule is COc1ccc(O)c(C(=O)NCC2(OC)CCC2)c1. The molecule has 19 heavy (non-hydrogen) atoms. The molecule has 0 unspecified atom stereocenters. The van der Waals surface area contributed by atoms with Crippen LogP contribution in [0.25, 0.3) is 0 Å². The van der Waals surface area contributed by atoms with Crippen LogP contribution in [0.15, 0.2) is 18.2 Å². The van der Waals surface area contributed by atoms with Gasteiger partial charge in [-0.25, -0.2) is 0 Å². The van der Waals surface area contributed by atoms with Crippen molar-refractivity contribution in [1.82, 2.24) is 5.32 Å². The summed E-state index contributed by atoms with van der Waals surface area (Å²) in [6, 6.07) is 4.57. The number of amides is 1. The first-order chi connectivity index (χ1) is 9.10. The largest absolute Gasteiger partial charge is 0.507 e. The van der Waals surface area contributed by atoms with E-state index >= 15 is 0 Å². The molecule has 0 bridgehead atoms. The monoisotopic (exact) mass is 265 g/mol. The summed E-state index contributed by atoms with van der Waals surface area (Å²) < 4.78 is 10.5. The number of aromatic hydroxyl groups is 1. The van der Waals surface area contributed by atoms with E-state index < -0.39 is 0 Å². The van der Waals surface area contributed by atoms with Crippen LogP contribution in [0, 0.1) is 0 Å². The molecule has 0 aromatic heterocycles.